The smallest absolute Gasteiger partial charge is 0.326 e. The number of carbonyl (C=O) groups excluding carboxylic acids is 2. The molecule has 0 radical (unpaired) electrons. The largest absolute Gasteiger partial charge is 0.480 e. The van der Waals surface area contributed by atoms with Crippen molar-refractivity contribution in [2.75, 3.05) is 32.6 Å². The van der Waals surface area contributed by atoms with E-state index in [1.165, 1.54) is 0 Å². The van der Waals surface area contributed by atoms with E-state index in [2.05, 4.69) is 5.32 Å². The normalized spacial score (nSPS) is 19.1. The van der Waals surface area contributed by atoms with E-state index in [0.717, 1.165) is 16.8 Å². The summed E-state index contributed by atoms with van der Waals surface area (Å²) in [6, 6.07) is 16.0. The Balaban J connectivity index is 1.83. The summed E-state index contributed by atoms with van der Waals surface area (Å²) < 4.78 is 0. The summed E-state index contributed by atoms with van der Waals surface area (Å²) in [5, 5.41) is 12.2. The van der Waals surface area contributed by atoms with Gasteiger partial charge in [0.2, 0.25) is 11.8 Å². The second-order valence-corrected chi connectivity index (χ2v) is 9.12. The van der Waals surface area contributed by atoms with Crippen LogP contribution in [-0.4, -0.2) is 61.5 Å². The molecule has 7 heteroatoms. The van der Waals surface area contributed by atoms with Gasteiger partial charge in [-0.2, -0.15) is 0 Å². The number of anilines is 1. The van der Waals surface area contributed by atoms with Crippen LogP contribution in [0.5, 0.6) is 0 Å². The van der Waals surface area contributed by atoms with Crippen molar-refractivity contribution in [3.63, 3.8) is 0 Å². The van der Waals surface area contributed by atoms with E-state index in [4.69, 9.17) is 0 Å². The number of benzene rings is 2. The van der Waals surface area contributed by atoms with Crippen molar-refractivity contribution >= 4 is 23.5 Å². The molecular weight excluding hydrogens is 430 g/mol. The van der Waals surface area contributed by atoms with Gasteiger partial charge >= 0.3 is 5.97 Å². The summed E-state index contributed by atoms with van der Waals surface area (Å²) in [4.78, 5) is 41.7. The van der Waals surface area contributed by atoms with Crippen molar-refractivity contribution in [3.05, 3.63) is 77.4 Å². The molecule has 2 aromatic rings. The minimum atomic E-state index is -1.09. The van der Waals surface area contributed by atoms with Gasteiger partial charge < -0.3 is 20.2 Å². The first kappa shape index (κ1) is 25.0. The van der Waals surface area contributed by atoms with Gasteiger partial charge in [-0.05, 0) is 37.0 Å². The number of likely N-dealkylation sites (tertiary alicyclic amines) is 1. The molecule has 7 nitrogen and oxygen atoms in total. The van der Waals surface area contributed by atoms with Crippen LogP contribution in [0.2, 0.25) is 0 Å². The summed E-state index contributed by atoms with van der Waals surface area (Å²) in [5.41, 5.74) is 2.36. The Kier molecular flexibility index (Phi) is 7.76. The number of hydrogen-bond donors (Lipinski definition) is 2. The topological polar surface area (TPSA) is 90.0 Å². The minimum absolute atomic E-state index is 0.0266. The fourth-order valence-corrected chi connectivity index (χ4v) is 4.49. The number of carboxylic acids is 1. The molecule has 1 fully saturated rings. The summed E-state index contributed by atoms with van der Waals surface area (Å²) in [6.45, 7) is 2.29. The molecule has 1 aliphatic heterocycles. The number of nitrogens with zero attached hydrogens (tertiary/aromatic N) is 2. The van der Waals surface area contributed by atoms with Crippen molar-refractivity contribution in [1.82, 2.24) is 10.2 Å². The number of carboxylic acid groups (broad SMARTS) is 1. The third-order valence-electron chi connectivity index (χ3n) is 6.53. The summed E-state index contributed by atoms with van der Waals surface area (Å²) in [6.07, 6.45) is 2.96. The van der Waals surface area contributed by atoms with E-state index in [0.29, 0.717) is 25.0 Å². The quantitative estimate of drug-likeness (QED) is 0.558. The molecule has 3 rings (SSSR count). The summed E-state index contributed by atoms with van der Waals surface area (Å²) in [7, 11) is 5.69. The van der Waals surface area contributed by atoms with Gasteiger partial charge in [-0.25, -0.2) is 4.79 Å². The zero-order valence-electron chi connectivity index (χ0n) is 20.2. The Bertz CT molecular complexity index is 1080. The van der Waals surface area contributed by atoms with Gasteiger partial charge in [0.25, 0.3) is 0 Å². The standard InChI is InChI=1S/C27H33N3O4/c1-19(24(31)28-22(25(32)33)18-20-10-6-5-7-11-20)14-15-27(16-17-30(4)26(27)34)21-12-8-9-13-23(21)29(2)3/h5-14,22H,15-18H2,1-4H3,(H,28,31)(H,32,33)/t22-,27+/m1/s1. The second-order valence-electron chi connectivity index (χ2n) is 9.12. The molecule has 2 aromatic carbocycles. The number of carbonyl (C=O) groups is 3. The minimum Gasteiger partial charge on any atom is -0.480 e. The average Bonchev–Trinajstić information content (AvgIpc) is 3.12. The van der Waals surface area contributed by atoms with Crippen LogP contribution in [0.25, 0.3) is 0 Å². The van der Waals surface area contributed by atoms with Gasteiger partial charge in [0.15, 0.2) is 0 Å². The van der Waals surface area contributed by atoms with E-state index >= 15 is 0 Å². The van der Waals surface area contributed by atoms with Crippen molar-refractivity contribution < 1.29 is 19.5 Å². The number of nitrogens with one attached hydrogen (secondary N) is 1. The predicted octanol–water partition coefficient (Wildman–Crippen LogP) is 3.00. The highest BCUT2D eigenvalue weighted by molar-refractivity contribution is 5.96. The molecule has 0 aliphatic carbocycles. The first-order valence-electron chi connectivity index (χ1n) is 11.4. The summed E-state index contributed by atoms with van der Waals surface area (Å²) in [5.74, 6) is -1.51. The monoisotopic (exact) mass is 463 g/mol. The maximum atomic E-state index is 13.4. The molecule has 0 saturated carbocycles. The first-order valence-corrected chi connectivity index (χ1v) is 11.4. The number of hydrogen-bond acceptors (Lipinski definition) is 4. The molecule has 180 valence electrons. The van der Waals surface area contributed by atoms with E-state index in [1.54, 1.807) is 24.9 Å². The van der Waals surface area contributed by atoms with Crippen LogP contribution in [0, 0.1) is 0 Å². The number of aliphatic carboxylic acids is 1. The molecule has 1 aliphatic rings. The molecule has 2 atom stereocenters. The molecule has 0 spiro atoms. The van der Waals surface area contributed by atoms with E-state index < -0.39 is 23.3 Å². The number of allylic oxidation sites excluding steroid dienone is 1. The Labute approximate surface area is 201 Å². The lowest BCUT2D eigenvalue weighted by Gasteiger charge is -2.31. The summed E-state index contributed by atoms with van der Waals surface area (Å²) >= 11 is 0. The van der Waals surface area contributed by atoms with Crippen LogP contribution in [0.4, 0.5) is 5.69 Å². The van der Waals surface area contributed by atoms with Crippen molar-refractivity contribution in [2.24, 2.45) is 0 Å². The maximum absolute atomic E-state index is 13.4. The Morgan fingerprint density at radius 2 is 1.79 bits per heavy atom. The van der Waals surface area contributed by atoms with Gasteiger partial charge in [-0.15, -0.1) is 0 Å². The number of para-hydroxylation sites is 1. The molecule has 1 saturated heterocycles. The van der Waals surface area contributed by atoms with E-state index in [9.17, 15) is 19.5 Å². The van der Waals surface area contributed by atoms with Crippen LogP contribution in [0.3, 0.4) is 0 Å². The van der Waals surface area contributed by atoms with Crippen molar-refractivity contribution in [3.8, 4) is 0 Å². The molecule has 1 heterocycles. The number of rotatable bonds is 9. The Hall–Kier alpha value is -3.61. The van der Waals surface area contributed by atoms with Crippen LogP contribution in [0.15, 0.2) is 66.2 Å². The molecule has 34 heavy (non-hydrogen) atoms. The van der Waals surface area contributed by atoms with Crippen molar-refractivity contribution in [1.29, 1.82) is 0 Å². The molecule has 2 amide bonds. The highest BCUT2D eigenvalue weighted by atomic mass is 16.4. The maximum Gasteiger partial charge on any atom is 0.326 e. The second kappa shape index (κ2) is 10.5. The van der Waals surface area contributed by atoms with Gasteiger partial charge in [0.05, 0.1) is 5.41 Å². The van der Waals surface area contributed by atoms with Crippen LogP contribution >= 0.6 is 0 Å². The van der Waals surface area contributed by atoms with Crippen LogP contribution < -0.4 is 10.2 Å². The third kappa shape index (κ3) is 5.30. The fourth-order valence-electron chi connectivity index (χ4n) is 4.49. The zero-order valence-corrected chi connectivity index (χ0v) is 20.2. The predicted molar refractivity (Wildman–Crippen MR) is 133 cm³/mol. The highest BCUT2D eigenvalue weighted by Gasteiger charge is 2.47. The van der Waals surface area contributed by atoms with E-state index in [-0.39, 0.29) is 12.3 Å². The highest BCUT2D eigenvalue weighted by Crippen LogP contribution is 2.43. The molecule has 2 N–H and O–H groups in total. The van der Waals surface area contributed by atoms with Gasteiger partial charge in [-0.3, -0.25) is 9.59 Å². The van der Waals surface area contributed by atoms with Gasteiger partial charge in [0.1, 0.15) is 6.04 Å². The SMILES string of the molecule is CC(=CC[C@@]1(c2ccccc2N(C)C)CCN(C)C1=O)C(=O)N[C@H](Cc1ccccc1)C(=O)O. The molecule has 0 unspecified atom stereocenters. The lowest BCUT2D eigenvalue weighted by molar-refractivity contribution is -0.141. The fraction of sp³-hybridized carbons (Fsp3) is 0.370. The molecular formula is C27H33N3O4. The molecule has 0 bridgehead atoms. The number of likely N-dealkylation sites (N-methyl/N-ethyl adjacent to an activating group) is 1. The number of amides is 2. The Morgan fingerprint density at radius 3 is 2.38 bits per heavy atom. The average molecular weight is 464 g/mol. The van der Waals surface area contributed by atoms with Crippen LogP contribution in [0.1, 0.15) is 30.9 Å². The molecule has 0 aromatic heterocycles. The third-order valence-corrected chi connectivity index (χ3v) is 6.53. The van der Waals surface area contributed by atoms with Gasteiger partial charge in [-0.1, -0.05) is 54.6 Å². The lowest BCUT2D eigenvalue weighted by Crippen LogP contribution is -2.42. The zero-order chi connectivity index (χ0) is 24.9. The van der Waals surface area contributed by atoms with E-state index in [1.807, 2.05) is 73.6 Å². The van der Waals surface area contributed by atoms with Gasteiger partial charge in [0, 0.05) is 45.4 Å². The van der Waals surface area contributed by atoms with Crippen LogP contribution in [-0.2, 0) is 26.2 Å². The first-order chi connectivity index (χ1) is 16.2. The van der Waals surface area contributed by atoms with Crippen molar-refractivity contribution in [2.45, 2.75) is 37.6 Å². The lowest BCUT2D eigenvalue weighted by atomic mass is 9.74. The Morgan fingerprint density at radius 1 is 1.15 bits per heavy atom.